The predicted octanol–water partition coefficient (Wildman–Crippen LogP) is 1.14. The Morgan fingerprint density at radius 3 is 2.88 bits per heavy atom. The smallest absolute Gasteiger partial charge is 0.278 e. The third-order valence-corrected chi connectivity index (χ3v) is 6.00. The van der Waals surface area contributed by atoms with Crippen LogP contribution in [-0.4, -0.2) is 54.7 Å². The Balaban J connectivity index is 1.34. The maximum atomic E-state index is 12.9. The summed E-state index contributed by atoms with van der Waals surface area (Å²) in [7, 11) is 0. The van der Waals surface area contributed by atoms with Crippen LogP contribution in [0.4, 0.5) is 5.69 Å². The largest absolute Gasteiger partial charge is 0.359 e. The van der Waals surface area contributed by atoms with Crippen LogP contribution in [0.25, 0.3) is 5.69 Å². The van der Waals surface area contributed by atoms with Crippen LogP contribution in [0.5, 0.6) is 0 Å². The van der Waals surface area contributed by atoms with Crippen molar-refractivity contribution in [2.24, 2.45) is 0 Å². The number of imide groups is 1. The second kappa shape index (κ2) is 8.21. The predicted molar refractivity (Wildman–Crippen MR) is 116 cm³/mol. The van der Waals surface area contributed by atoms with Crippen molar-refractivity contribution >= 4 is 29.3 Å². The normalized spacial score (nSPS) is 17.6. The highest BCUT2D eigenvalue weighted by atomic mass is 16.5. The number of nitrogens with zero attached hydrogens (tertiary/aromatic N) is 5. The van der Waals surface area contributed by atoms with E-state index in [9.17, 15) is 19.2 Å². The highest BCUT2D eigenvalue weighted by Gasteiger charge is 2.39. The lowest BCUT2D eigenvalue weighted by Gasteiger charge is -2.29. The first-order chi connectivity index (χ1) is 16.4. The maximum absolute atomic E-state index is 12.9. The van der Waals surface area contributed by atoms with Gasteiger partial charge in [0, 0.05) is 18.5 Å². The summed E-state index contributed by atoms with van der Waals surface area (Å²) in [5, 5.41) is 17.0. The summed E-state index contributed by atoms with van der Waals surface area (Å²) in [5.41, 5.74) is 3.08. The first-order valence-electron chi connectivity index (χ1n) is 10.8. The molecule has 1 saturated heterocycles. The Morgan fingerprint density at radius 1 is 1.29 bits per heavy atom. The van der Waals surface area contributed by atoms with Crippen LogP contribution in [0.15, 0.2) is 28.9 Å². The fraction of sp³-hybridized carbons (Fsp3) is 0.318. The minimum atomic E-state index is -0.684. The molecule has 0 saturated carbocycles. The molecule has 5 rings (SSSR count). The molecule has 174 valence electrons. The zero-order valence-electron chi connectivity index (χ0n) is 18.5. The Kier molecular flexibility index (Phi) is 5.19. The molecule has 0 aliphatic carbocycles. The molecule has 1 atom stereocenters. The van der Waals surface area contributed by atoms with Crippen LogP contribution < -0.4 is 10.6 Å². The number of hydrogen-bond acceptors (Lipinski definition) is 8. The van der Waals surface area contributed by atoms with E-state index in [2.05, 4.69) is 26.1 Å². The van der Waals surface area contributed by atoms with E-state index in [4.69, 9.17) is 4.52 Å². The van der Waals surface area contributed by atoms with Gasteiger partial charge in [-0.3, -0.25) is 24.5 Å². The standard InChI is InChI=1S/C22H21N7O5/c1-3-15-19(11(2)34-26-15)24-20(31)16-10-29(27-25-16)13-4-5-14-12(8-13)9-28(22(14)33)17-6-7-18(30)23-21(17)32/h4-5,8,10,17H,3,6-7,9H2,1-2H3,(H,24,31)(H,23,30,32). The highest BCUT2D eigenvalue weighted by Crippen LogP contribution is 2.29. The van der Waals surface area contributed by atoms with E-state index in [0.29, 0.717) is 41.2 Å². The summed E-state index contributed by atoms with van der Waals surface area (Å²) in [6, 6.07) is 4.44. The van der Waals surface area contributed by atoms with Crippen LogP contribution in [-0.2, 0) is 22.6 Å². The number of benzene rings is 1. The van der Waals surface area contributed by atoms with Crippen LogP contribution in [0.3, 0.4) is 0 Å². The van der Waals surface area contributed by atoms with Crippen molar-refractivity contribution in [3.05, 3.63) is 52.7 Å². The van der Waals surface area contributed by atoms with Crippen molar-refractivity contribution in [2.45, 2.75) is 45.7 Å². The monoisotopic (exact) mass is 463 g/mol. The number of hydrogen-bond donors (Lipinski definition) is 2. The third kappa shape index (κ3) is 3.62. The van der Waals surface area contributed by atoms with E-state index in [1.807, 2.05) is 6.92 Å². The van der Waals surface area contributed by atoms with Crippen LogP contribution in [0.2, 0.25) is 0 Å². The Labute approximate surface area is 193 Å². The topological polar surface area (TPSA) is 152 Å². The van der Waals surface area contributed by atoms with Gasteiger partial charge in [-0.2, -0.15) is 0 Å². The van der Waals surface area contributed by atoms with Gasteiger partial charge in [-0.05, 0) is 43.5 Å². The van der Waals surface area contributed by atoms with Gasteiger partial charge in [0.25, 0.3) is 11.8 Å². The van der Waals surface area contributed by atoms with Crippen LogP contribution >= 0.6 is 0 Å². The van der Waals surface area contributed by atoms with E-state index in [1.165, 1.54) is 15.8 Å². The SMILES string of the molecule is CCc1noc(C)c1NC(=O)c1cn(-c2ccc3c(c2)CN(C2CCC(=O)NC2=O)C3=O)nn1. The lowest BCUT2D eigenvalue weighted by Crippen LogP contribution is -2.52. The molecular weight excluding hydrogens is 442 g/mol. The fourth-order valence-electron chi connectivity index (χ4n) is 4.19. The molecule has 2 N–H and O–H groups in total. The van der Waals surface area contributed by atoms with Gasteiger partial charge in [-0.25, -0.2) is 4.68 Å². The van der Waals surface area contributed by atoms with Gasteiger partial charge in [0.15, 0.2) is 11.5 Å². The summed E-state index contributed by atoms with van der Waals surface area (Å²) >= 11 is 0. The molecule has 0 bridgehead atoms. The molecule has 1 aromatic carbocycles. The zero-order valence-corrected chi connectivity index (χ0v) is 18.5. The number of amides is 4. The molecule has 1 fully saturated rings. The summed E-state index contributed by atoms with van der Waals surface area (Å²) in [5.74, 6) is -0.998. The summed E-state index contributed by atoms with van der Waals surface area (Å²) < 4.78 is 6.57. The number of piperidine rings is 1. The molecule has 12 heteroatoms. The molecule has 3 aromatic rings. The lowest BCUT2D eigenvalue weighted by molar-refractivity contribution is -0.136. The molecule has 4 amide bonds. The van der Waals surface area contributed by atoms with Gasteiger partial charge in [-0.15, -0.1) is 5.10 Å². The Bertz CT molecular complexity index is 1340. The number of aryl methyl sites for hydroxylation is 2. The van der Waals surface area contributed by atoms with Crippen molar-refractivity contribution in [2.75, 3.05) is 5.32 Å². The lowest BCUT2D eigenvalue weighted by atomic mass is 10.0. The average Bonchev–Trinajstić information content (AvgIpc) is 3.52. The summed E-state index contributed by atoms with van der Waals surface area (Å²) in [4.78, 5) is 50.7. The van der Waals surface area contributed by atoms with Crippen molar-refractivity contribution in [1.82, 2.24) is 30.4 Å². The Morgan fingerprint density at radius 2 is 2.12 bits per heavy atom. The van der Waals surface area contributed by atoms with Crippen molar-refractivity contribution in [3.8, 4) is 5.69 Å². The second-order valence-electron chi connectivity index (χ2n) is 8.16. The van der Waals surface area contributed by atoms with Crippen LogP contribution in [0, 0.1) is 6.92 Å². The van der Waals surface area contributed by atoms with Gasteiger partial charge in [0.1, 0.15) is 17.4 Å². The number of carbonyl (C=O) groups is 4. The molecule has 2 aromatic heterocycles. The molecule has 12 nitrogen and oxygen atoms in total. The molecular formula is C22H21N7O5. The van der Waals surface area contributed by atoms with E-state index < -0.39 is 17.9 Å². The number of anilines is 1. The minimum absolute atomic E-state index is 0.101. The molecule has 34 heavy (non-hydrogen) atoms. The van der Waals surface area contributed by atoms with Gasteiger partial charge in [0.2, 0.25) is 11.8 Å². The van der Waals surface area contributed by atoms with E-state index in [-0.39, 0.29) is 30.5 Å². The maximum Gasteiger partial charge on any atom is 0.278 e. The fourth-order valence-corrected chi connectivity index (χ4v) is 4.19. The van der Waals surface area contributed by atoms with Gasteiger partial charge >= 0.3 is 0 Å². The average molecular weight is 463 g/mol. The first kappa shape index (κ1) is 21.5. The van der Waals surface area contributed by atoms with Crippen molar-refractivity contribution in [1.29, 1.82) is 0 Å². The number of carbonyl (C=O) groups excluding carboxylic acids is 4. The van der Waals surface area contributed by atoms with Crippen molar-refractivity contribution in [3.63, 3.8) is 0 Å². The minimum Gasteiger partial charge on any atom is -0.359 e. The van der Waals surface area contributed by atoms with Gasteiger partial charge in [0.05, 0.1) is 11.9 Å². The zero-order chi connectivity index (χ0) is 24.0. The molecule has 2 aliphatic heterocycles. The number of aromatic nitrogens is 4. The number of rotatable bonds is 5. The highest BCUT2D eigenvalue weighted by molar-refractivity contribution is 6.05. The first-order valence-corrected chi connectivity index (χ1v) is 10.8. The molecule has 2 aliphatic rings. The molecule has 0 spiro atoms. The summed E-state index contributed by atoms with van der Waals surface area (Å²) in [6.07, 6.45) is 2.58. The van der Waals surface area contributed by atoms with Crippen molar-refractivity contribution < 1.29 is 23.7 Å². The second-order valence-corrected chi connectivity index (χ2v) is 8.16. The summed E-state index contributed by atoms with van der Waals surface area (Å²) in [6.45, 7) is 3.86. The van der Waals surface area contributed by atoms with Gasteiger partial charge < -0.3 is 14.7 Å². The van der Waals surface area contributed by atoms with Crippen LogP contribution in [0.1, 0.15) is 57.6 Å². The van der Waals surface area contributed by atoms with E-state index in [0.717, 1.165) is 5.56 Å². The van der Waals surface area contributed by atoms with E-state index in [1.54, 1.807) is 25.1 Å². The number of fused-ring (bicyclic) bond motifs is 1. The Hall–Kier alpha value is -4.35. The van der Waals surface area contributed by atoms with E-state index >= 15 is 0 Å². The quantitative estimate of drug-likeness (QED) is 0.534. The molecule has 1 unspecified atom stereocenters. The van der Waals surface area contributed by atoms with Gasteiger partial charge in [-0.1, -0.05) is 17.3 Å². The number of nitrogens with one attached hydrogen (secondary N) is 2. The third-order valence-electron chi connectivity index (χ3n) is 6.00. The molecule has 4 heterocycles. The molecule has 0 radical (unpaired) electrons.